The lowest BCUT2D eigenvalue weighted by Gasteiger charge is -2.07. The van der Waals surface area contributed by atoms with Crippen molar-refractivity contribution in [2.24, 2.45) is 7.05 Å². The van der Waals surface area contributed by atoms with Gasteiger partial charge in [0.1, 0.15) is 12.4 Å². The number of para-hydroxylation sites is 1. The molecule has 2 N–H and O–H groups in total. The van der Waals surface area contributed by atoms with E-state index in [-0.39, 0.29) is 18.7 Å². The van der Waals surface area contributed by atoms with E-state index in [0.29, 0.717) is 16.9 Å². The molecule has 0 fully saturated rings. The SMILES string of the molecule is Cn1c(CNC(=O)OCc2ccccc2)nc2cccc(C(=O)O)c21. The number of ether oxygens (including phenoxy) is 1. The predicted molar refractivity (Wildman–Crippen MR) is 91.1 cm³/mol. The molecule has 7 nitrogen and oxygen atoms in total. The molecule has 3 aromatic rings. The normalized spacial score (nSPS) is 10.6. The van der Waals surface area contributed by atoms with Gasteiger partial charge >= 0.3 is 12.1 Å². The first-order valence-electron chi connectivity index (χ1n) is 7.68. The number of nitrogens with zero attached hydrogens (tertiary/aromatic N) is 2. The molecule has 1 heterocycles. The number of amides is 1. The second-order valence-electron chi connectivity index (χ2n) is 5.48. The molecule has 128 valence electrons. The predicted octanol–water partition coefficient (Wildman–Crippen LogP) is 2.70. The Labute approximate surface area is 143 Å². The van der Waals surface area contributed by atoms with Crippen LogP contribution in [0, 0.1) is 0 Å². The van der Waals surface area contributed by atoms with E-state index in [1.54, 1.807) is 23.7 Å². The molecule has 0 aliphatic rings. The summed E-state index contributed by atoms with van der Waals surface area (Å²) in [6.07, 6.45) is -0.561. The van der Waals surface area contributed by atoms with Crippen LogP contribution in [0.1, 0.15) is 21.7 Å². The number of alkyl carbamates (subject to hydrolysis) is 1. The average Bonchev–Trinajstić information content (AvgIpc) is 2.95. The molecule has 0 spiro atoms. The Morgan fingerprint density at radius 1 is 1.16 bits per heavy atom. The van der Waals surface area contributed by atoms with Crippen LogP contribution in [0.15, 0.2) is 48.5 Å². The van der Waals surface area contributed by atoms with Gasteiger partial charge in [-0.1, -0.05) is 36.4 Å². The first-order chi connectivity index (χ1) is 12.1. The van der Waals surface area contributed by atoms with Crippen LogP contribution in [-0.4, -0.2) is 26.7 Å². The summed E-state index contributed by atoms with van der Waals surface area (Å²) in [5.74, 6) is -0.476. The van der Waals surface area contributed by atoms with Crippen LogP contribution in [0.25, 0.3) is 11.0 Å². The van der Waals surface area contributed by atoms with E-state index in [1.165, 1.54) is 6.07 Å². The zero-order valence-corrected chi connectivity index (χ0v) is 13.6. The van der Waals surface area contributed by atoms with Crippen LogP contribution < -0.4 is 5.32 Å². The summed E-state index contributed by atoms with van der Waals surface area (Å²) in [5.41, 5.74) is 2.15. The lowest BCUT2D eigenvalue weighted by atomic mass is 10.2. The van der Waals surface area contributed by atoms with Crippen molar-refractivity contribution in [2.45, 2.75) is 13.2 Å². The summed E-state index contributed by atoms with van der Waals surface area (Å²) in [5, 5.41) is 11.9. The topological polar surface area (TPSA) is 93.5 Å². The van der Waals surface area contributed by atoms with Gasteiger partial charge in [0.25, 0.3) is 0 Å². The minimum atomic E-state index is -1.02. The number of imidazole rings is 1. The molecular formula is C18H17N3O4. The number of hydrogen-bond acceptors (Lipinski definition) is 4. The Balaban J connectivity index is 1.67. The van der Waals surface area contributed by atoms with Crippen LogP contribution in [0.2, 0.25) is 0 Å². The number of aromatic carboxylic acids is 1. The monoisotopic (exact) mass is 339 g/mol. The third-order valence-corrected chi connectivity index (χ3v) is 3.82. The lowest BCUT2D eigenvalue weighted by molar-refractivity contribution is 0.0698. The Morgan fingerprint density at radius 2 is 1.92 bits per heavy atom. The van der Waals surface area contributed by atoms with Crippen molar-refractivity contribution in [1.82, 2.24) is 14.9 Å². The molecule has 3 rings (SSSR count). The van der Waals surface area contributed by atoms with Gasteiger partial charge in [-0.2, -0.15) is 0 Å². The van der Waals surface area contributed by atoms with E-state index in [4.69, 9.17) is 4.74 Å². The molecule has 1 amide bonds. The standard InChI is InChI=1S/C18H17N3O4/c1-21-15(20-14-9-5-8-13(16(14)21)17(22)23)10-19-18(24)25-11-12-6-3-2-4-7-12/h2-9H,10-11H2,1H3,(H,19,24)(H,22,23). The maximum absolute atomic E-state index is 11.8. The molecule has 0 unspecified atom stereocenters. The van der Waals surface area contributed by atoms with E-state index in [2.05, 4.69) is 10.3 Å². The number of rotatable bonds is 5. The van der Waals surface area contributed by atoms with E-state index < -0.39 is 12.1 Å². The molecule has 1 aromatic heterocycles. The quantitative estimate of drug-likeness (QED) is 0.745. The van der Waals surface area contributed by atoms with Crippen LogP contribution in [0.3, 0.4) is 0 Å². The fourth-order valence-electron chi connectivity index (χ4n) is 2.57. The lowest BCUT2D eigenvalue weighted by Crippen LogP contribution is -2.25. The molecule has 0 saturated heterocycles. The van der Waals surface area contributed by atoms with E-state index >= 15 is 0 Å². The van der Waals surface area contributed by atoms with Crippen LogP contribution in [-0.2, 0) is 24.9 Å². The van der Waals surface area contributed by atoms with Gasteiger partial charge in [0.05, 0.1) is 23.1 Å². The van der Waals surface area contributed by atoms with E-state index in [0.717, 1.165) is 5.56 Å². The van der Waals surface area contributed by atoms with Crippen molar-refractivity contribution >= 4 is 23.1 Å². The zero-order chi connectivity index (χ0) is 17.8. The molecule has 7 heteroatoms. The molecule has 2 aromatic carbocycles. The molecule has 0 saturated carbocycles. The number of carboxylic acid groups (broad SMARTS) is 1. The highest BCUT2D eigenvalue weighted by atomic mass is 16.5. The van der Waals surface area contributed by atoms with Gasteiger partial charge in [-0.25, -0.2) is 14.6 Å². The summed E-state index contributed by atoms with van der Waals surface area (Å²) < 4.78 is 6.81. The smallest absolute Gasteiger partial charge is 0.407 e. The van der Waals surface area contributed by atoms with Crippen molar-refractivity contribution in [3.05, 3.63) is 65.5 Å². The number of aromatic nitrogens is 2. The Kier molecular flexibility index (Phi) is 4.65. The highest BCUT2D eigenvalue weighted by Crippen LogP contribution is 2.19. The van der Waals surface area contributed by atoms with Gasteiger partial charge in [-0.15, -0.1) is 0 Å². The van der Waals surface area contributed by atoms with Crippen molar-refractivity contribution in [3.8, 4) is 0 Å². The number of carboxylic acids is 1. The number of benzene rings is 2. The first kappa shape index (κ1) is 16.5. The summed E-state index contributed by atoms with van der Waals surface area (Å²) in [7, 11) is 1.72. The average molecular weight is 339 g/mol. The number of carbonyl (C=O) groups is 2. The van der Waals surface area contributed by atoms with Crippen molar-refractivity contribution in [2.75, 3.05) is 0 Å². The van der Waals surface area contributed by atoms with Crippen LogP contribution in [0.5, 0.6) is 0 Å². The molecule has 0 aliphatic carbocycles. The van der Waals surface area contributed by atoms with Gasteiger partial charge in [0.2, 0.25) is 0 Å². The Morgan fingerprint density at radius 3 is 2.64 bits per heavy atom. The first-order valence-corrected chi connectivity index (χ1v) is 7.68. The second kappa shape index (κ2) is 7.04. The van der Waals surface area contributed by atoms with Crippen molar-refractivity contribution in [1.29, 1.82) is 0 Å². The maximum Gasteiger partial charge on any atom is 0.407 e. The minimum Gasteiger partial charge on any atom is -0.478 e. The fraction of sp³-hybridized carbons (Fsp3) is 0.167. The van der Waals surface area contributed by atoms with E-state index in [9.17, 15) is 14.7 Å². The van der Waals surface area contributed by atoms with Crippen LogP contribution >= 0.6 is 0 Å². The maximum atomic E-state index is 11.8. The van der Waals surface area contributed by atoms with E-state index in [1.807, 2.05) is 30.3 Å². The minimum absolute atomic E-state index is 0.137. The molecule has 0 atom stereocenters. The molecule has 0 radical (unpaired) electrons. The molecule has 0 bridgehead atoms. The third-order valence-electron chi connectivity index (χ3n) is 3.82. The summed E-state index contributed by atoms with van der Waals surface area (Å²) >= 11 is 0. The number of hydrogen-bond donors (Lipinski definition) is 2. The second-order valence-corrected chi connectivity index (χ2v) is 5.48. The van der Waals surface area contributed by atoms with Gasteiger partial charge in [0.15, 0.2) is 0 Å². The number of carbonyl (C=O) groups excluding carboxylic acids is 1. The molecule has 0 aliphatic heterocycles. The van der Waals surface area contributed by atoms with Crippen molar-refractivity contribution in [3.63, 3.8) is 0 Å². The van der Waals surface area contributed by atoms with Gasteiger partial charge in [-0.05, 0) is 17.7 Å². The third kappa shape index (κ3) is 3.60. The number of fused-ring (bicyclic) bond motifs is 1. The van der Waals surface area contributed by atoms with Crippen LogP contribution in [0.4, 0.5) is 4.79 Å². The number of aryl methyl sites for hydroxylation is 1. The van der Waals surface area contributed by atoms with Gasteiger partial charge in [-0.3, -0.25) is 0 Å². The highest BCUT2D eigenvalue weighted by Gasteiger charge is 2.16. The summed E-state index contributed by atoms with van der Waals surface area (Å²) in [4.78, 5) is 27.5. The van der Waals surface area contributed by atoms with Gasteiger partial charge < -0.3 is 19.7 Å². The molecular weight excluding hydrogens is 322 g/mol. The molecule has 25 heavy (non-hydrogen) atoms. The fourth-order valence-corrected chi connectivity index (χ4v) is 2.57. The highest BCUT2D eigenvalue weighted by molar-refractivity contribution is 6.01. The Bertz CT molecular complexity index is 919. The summed E-state index contributed by atoms with van der Waals surface area (Å²) in [6.45, 7) is 0.316. The summed E-state index contributed by atoms with van der Waals surface area (Å²) in [6, 6.07) is 14.3. The largest absolute Gasteiger partial charge is 0.478 e. The van der Waals surface area contributed by atoms with Crippen molar-refractivity contribution < 1.29 is 19.4 Å². The zero-order valence-electron chi connectivity index (χ0n) is 13.6. The number of nitrogens with one attached hydrogen (secondary N) is 1. The Hall–Kier alpha value is -3.35. The van der Waals surface area contributed by atoms with Gasteiger partial charge in [0, 0.05) is 7.05 Å².